The standard InChI is InChI=1S/C14H25N3O/c1-10-4-6-15-12(9-10)14(18)16-11-5-8-17-7-2-3-13(11)17/h10-13,15H,2-9H2,1H3,(H,16,18). The van der Waals surface area contributed by atoms with Crippen molar-refractivity contribution in [3.8, 4) is 0 Å². The molecular formula is C14H25N3O. The molecule has 0 spiro atoms. The van der Waals surface area contributed by atoms with Crippen LogP contribution in [0.15, 0.2) is 0 Å². The van der Waals surface area contributed by atoms with Crippen molar-refractivity contribution in [2.45, 2.75) is 57.2 Å². The molecule has 1 amide bonds. The minimum atomic E-state index is 0.0456. The molecule has 3 rings (SSSR count). The second kappa shape index (κ2) is 5.17. The molecule has 3 heterocycles. The van der Waals surface area contributed by atoms with Crippen LogP contribution in [0.1, 0.15) is 39.0 Å². The van der Waals surface area contributed by atoms with Gasteiger partial charge in [-0.15, -0.1) is 0 Å². The van der Waals surface area contributed by atoms with Crippen LogP contribution in [0.5, 0.6) is 0 Å². The van der Waals surface area contributed by atoms with Crippen molar-refractivity contribution >= 4 is 5.91 Å². The molecule has 0 aliphatic carbocycles. The van der Waals surface area contributed by atoms with Crippen molar-refractivity contribution in [3.63, 3.8) is 0 Å². The number of carbonyl (C=O) groups excluding carboxylic acids is 1. The Morgan fingerprint density at radius 2 is 2.17 bits per heavy atom. The van der Waals surface area contributed by atoms with E-state index >= 15 is 0 Å². The van der Waals surface area contributed by atoms with E-state index in [-0.39, 0.29) is 11.9 Å². The summed E-state index contributed by atoms with van der Waals surface area (Å²) in [6.07, 6.45) is 5.89. The van der Waals surface area contributed by atoms with E-state index in [1.54, 1.807) is 0 Å². The molecule has 18 heavy (non-hydrogen) atoms. The normalized spacial score (nSPS) is 40.7. The lowest BCUT2D eigenvalue weighted by molar-refractivity contribution is -0.124. The van der Waals surface area contributed by atoms with Crippen molar-refractivity contribution < 1.29 is 4.79 Å². The van der Waals surface area contributed by atoms with Gasteiger partial charge in [0.2, 0.25) is 5.91 Å². The maximum absolute atomic E-state index is 12.3. The van der Waals surface area contributed by atoms with Gasteiger partial charge in [-0.3, -0.25) is 9.69 Å². The summed E-state index contributed by atoms with van der Waals surface area (Å²) >= 11 is 0. The van der Waals surface area contributed by atoms with Gasteiger partial charge in [-0.25, -0.2) is 0 Å². The van der Waals surface area contributed by atoms with Crippen LogP contribution in [-0.4, -0.2) is 48.6 Å². The molecule has 3 aliphatic heterocycles. The number of piperidine rings is 1. The van der Waals surface area contributed by atoms with Gasteiger partial charge in [0.1, 0.15) is 0 Å². The number of amides is 1. The third-order valence-corrected chi connectivity index (χ3v) is 4.92. The minimum absolute atomic E-state index is 0.0456. The van der Waals surface area contributed by atoms with E-state index in [0.717, 1.165) is 19.4 Å². The molecule has 0 aromatic heterocycles. The van der Waals surface area contributed by atoms with E-state index < -0.39 is 0 Å². The molecule has 0 aromatic rings. The van der Waals surface area contributed by atoms with Crippen LogP contribution in [-0.2, 0) is 4.79 Å². The first-order valence-electron chi connectivity index (χ1n) is 7.52. The third kappa shape index (κ3) is 2.41. The summed E-state index contributed by atoms with van der Waals surface area (Å²) in [5, 5.41) is 6.65. The number of nitrogens with one attached hydrogen (secondary N) is 2. The molecule has 4 nitrogen and oxygen atoms in total. The maximum atomic E-state index is 12.3. The van der Waals surface area contributed by atoms with Crippen molar-refractivity contribution in [1.29, 1.82) is 0 Å². The first-order valence-corrected chi connectivity index (χ1v) is 7.52. The maximum Gasteiger partial charge on any atom is 0.237 e. The van der Waals surface area contributed by atoms with Crippen LogP contribution in [0.25, 0.3) is 0 Å². The molecule has 2 N–H and O–H groups in total. The second-order valence-electron chi connectivity index (χ2n) is 6.29. The molecule has 0 radical (unpaired) electrons. The van der Waals surface area contributed by atoms with Gasteiger partial charge in [-0.2, -0.15) is 0 Å². The quantitative estimate of drug-likeness (QED) is 0.760. The lowest BCUT2D eigenvalue weighted by Gasteiger charge is -2.29. The molecule has 4 heteroatoms. The van der Waals surface area contributed by atoms with E-state index in [2.05, 4.69) is 22.5 Å². The lowest BCUT2D eigenvalue weighted by Crippen LogP contribution is -2.52. The highest BCUT2D eigenvalue weighted by molar-refractivity contribution is 5.82. The summed E-state index contributed by atoms with van der Waals surface area (Å²) in [4.78, 5) is 14.8. The molecule has 3 saturated heterocycles. The highest BCUT2D eigenvalue weighted by Crippen LogP contribution is 2.28. The fraction of sp³-hybridized carbons (Fsp3) is 0.929. The van der Waals surface area contributed by atoms with Crippen LogP contribution in [0.4, 0.5) is 0 Å². The average molecular weight is 251 g/mol. The number of rotatable bonds is 2. The first kappa shape index (κ1) is 12.4. The summed E-state index contributed by atoms with van der Waals surface area (Å²) in [6.45, 7) is 5.63. The number of hydrogen-bond donors (Lipinski definition) is 2. The lowest BCUT2D eigenvalue weighted by atomic mass is 9.93. The zero-order valence-corrected chi connectivity index (χ0v) is 11.3. The van der Waals surface area contributed by atoms with Crippen molar-refractivity contribution in [2.24, 2.45) is 5.92 Å². The smallest absolute Gasteiger partial charge is 0.237 e. The van der Waals surface area contributed by atoms with E-state index in [0.29, 0.717) is 18.0 Å². The Morgan fingerprint density at radius 1 is 1.28 bits per heavy atom. The largest absolute Gasteiger partial charge is 0.350 e. The molecular weight excluding hydrogens is 226 g/mol. The Kier molecular flexibility index (Phi) is 3.57. The van der Waals surface area contributed by atoms with Crippen LogP contribution in [0.3, 0.4) is 0 Å². The van der Waals surface area contributed by atoms with E-state index in [9.17, 15) is 4.79 Å². The molecule has 0 saturated carbocycles. The second-order valence-corrected chi connectivity index (χ2v) is 6.29. The Morgan fingerprint density at radius 3 is 3.00 bits per heavy atom. The average Bonchev–Trinajstić information content (AvgIpc) is 2.94. The van der Waals surface area contributed by atoms with Gasteiger partial charge in [0.15, 0.2) is 0 Å². The fourth-order valence-electron chi connectivity index (χ4n) is 3.84. The van der Waals surface area contributed by atoms with Crippen molar-refractivity contribution in [1.82, 2.24) is 15.5 Å². The number of carbonyl (C=O) groups is 1. The van der Waals surface area contributed by atoms with Gasteiger partial charge >= 0.3 is 0 Å². The zero-order valence-electron chi connectivity index (χ0n) is 11.3. The van der Waals surface area contributed by atoms with Gasteiger partial charge in [0, 0.05) is 18.6 Å². The van der Waals surface area contributed by atoms with Crippen molar-refractivity contribution in [2.75, 3.05) is 19.6 Å². The number of nitrogens with zero attached hydrogens (tertiary/aromatic N) is 1. The topological polar surface area (TPSA) is 44.4 Å². The first-order chi connectivity index (χ1) is 8.74. The zero-order chi connectivity index (χ0) is 12.5. The van der Waals surface area contributed by atoms with Crippen LogP contribution < -0.4 is 10.6 Å². The van der Waals surface area contributed by atoms with Gasteiger partial charge in [0.05, 0.1) is 6.04 Å². The summed E-state index contributed by atoms with van der Waals surface area (Å²) in [5.41, 5.74) is 0. The SMILES string of the molecule is CC1CCNC(C(=O)NC2CCN3CCCC23)C1. The van der Waals surface area contributed by atoms with Gasteiger partial charge in [-0.1, -0.05) is 6.92 Å². The highest BCUT2D eigenvalue weighted by atomic mass is 16.2. The number of hydrogen-bond acceptors (Lipinski definition) is 3. The molecule has 102 valence electrons. The van der Waals surface area contributed by atoms with Crippen LogP contribution in [0, 0.1) is 5.92 Å². The van der Waals surface area contributed by atoms with Gasteiger partial charge in [0.25, 0.3) is 0 Å². The summed E-state index contributed by atoms with van der Waals surface area (Å²) in [7, 11) is 0. The summed E-state index contributed by atoms with van der Waals surface area (Å²) < 4.78 is 0. The predicted octanol–water partition coefficient (Wildman–Crippen LogP) is 0.727. The summed E-state index contributed by atoms with van der Waals surface area (Å²) in [6, 6.07) is 1.07. The van der Waals surface area contributed by atoms with E-state index in [4.69, 9.17) is 0 Å². The highest BCUT2D eigenvalue weighted by Gasteiger charge is 2.38. The molecule has 4 unspecified atom stereocenters. The molecule has 3 fully saturated rings. The fourth-order valence-corrected chi connectivity index (χ4v) is 3.84. The molecule has 3 aliphatic rings. The Bertz CT molecular complexity index is 320. The Hall–Kier alpha value is -0.610. The van der Waals surface area contributed by atoms with E-state index in [1.807, 2.05) is 0 Å². The third-order valence-electron chi connectivity index (χ3n) is 4.92. The Balaban J connectivity index is 1.54. The monoisotopic (exact) mass is 251 g/mol. The predicted molar refractivity (Wildman–Crippen MR) is 71.3 cm³/mol. The van der Waals surface area contributed by atoms with Gasteiger partial charge in [-0.05, 0) is 51.1 Å². The number of fused-ring (bicyclic) bond motifs is 1. The molecule has 0 bridgehead atoms. The van der Waals surface area contributed by atoms with Crippen LogP contribution >= 0.6 is 0 Å². The van der Waals surface area contributed by atoms with Gasteiger partial charge < -0.3 is 10.6 Å². The molecule has 4 atom stereocenters. The van der Waals surface area contributed by atoms with E-state index in [1.165, 1.54) is 32.4 Å². The summed E-state index contributed by atoms with van der Waals surface area (Å²) in [5.74, 6) is 0.911. The molecule has 0 aromatic carbocycles. The minimum Gasteiger partial charge on any atom is -0.350 e. The Labute approximate surface area is 109 Å². The van der Waals surface area contributed by atoms with Crippen LogP contribution in [0.2, 0.25) is 0 Å². The van der Waals surface area contributed by atoms with Crippen molar-refractivity contribution in [3.05, 3.63) is 0 Å².